The van der Waals surface area contributed by atoms with Gasteiger partial charge in [0.2, 0.25) is 0 Å². The zero-order chi connectivity index (χ0) is 12.0. The second-order valence-corrected chi connectivity index (χ2v) is 4.10. The highest BCUT2D eigenvalue weighted by molar-refractivity contribution is 5.96. The first-order valence-corrected chi connectivity index (χ1v) is 5.93. The van der Waals surface area contributed by atoms with Crippen LogP contribution in [0.5, 0.6) is 5.75 Å². The van der Waals surface area contributed by atoms with Gasteiger partial charge in [-0.25, -0.2) is 0 Å². The van der Waals surface area contributed by atoms with Gasteiger partial charge in [-0.3, -0.25) is 4.79 Å². The van der Waals surface area contributed by atoms with Gasteiger partial charge in [-0.2, -0.15) is 0 Å². The molecule has 1 atom stereocenters. The molecule has 0 aliphatic carbocycles. The Labute approximate surface area is 97.6 Å². The normalized spacial score (nSPS) is 12.2. The average Bonchev–Trinajstić information content (AvgIpc) is 2.29. The van der Waals surface area contributed by atoms with E-state index in [1.54, 1.807) is 0 Å². The monoisotopic (exact) mass is 220 g/mol. The molecule has 1 aromatic rings. The van der Waals surface area contributed by atoms with Crippen LogP contribution in [0.1, 0.15) is 44.0 Å². The maximum Gasteiger partial charge on any atom is 0.163 e. The Hall–Kier alpha value is -1.31. The largest absolute Gasteiger partial charge is 0.494 e. The molecule has 1 rings (SSSR count). The summed E-state index contributed by atoms with van der Waals surface area (Å²) in [5.41, 5.74) is 0.756. The van der Waals surface area contributed by atoms with E-state index >= 15 is 0 Å². The molecule has 0 aliphatic heterocycles. The van der Waals surface area contributed by atoms with Crippen molar-refractivity contribution in [2.75, 3.05) is 6.61 Å². The number of Topliss-reactive ketones (excluding diaryl/α,β-unsaturated/α-hetero) is 1. The van der Waals surface area contributed by atoms with Crippen LogP contribution in [-0.2, 0) is 0 Å². The molecule has 0 amide bonds. The Balaban J connectivity index is 2.71. The fraction of sp³-hybridized carbons (Fsp3) is 0.500. The van der Waals surface area contributed by atoms with Gasteiger partial charge in [0, 0.05) is 12.0 Å². The van der Waals surface area contributed by atoms with E-state index in [2.05, 4.69) is 13.8 Å². The summed E-state index contributed by atoms with van der Waals surface area (Å²) >= 11 is 0. The van der Waals surface area contributed by atoms with E-state index in [-0.39, 0.29) is 5.78 Å². The number of carbonyl (C=O) groups is 1. The third kappa shape index (κ3) is 3.69. The number of hydrogen-bond acceptors (Lipinski definition) is 2. The minimum absolute atomic E-state index is 0.205. The topological polar surface area (TPSA) is 26.3 Å². The lowest BCUT2D eigenvalue weighted by molar-refractivity contribution is 0.0963. The maximum atomic E-state index is 11.9. The lowest BCUT2D eigenvalue weighted by atomic mass is 9.98. The average molecular weight is 220 g/mol. The number of ketones is 1. The van der Waals surface area contributed by atoms with Crippen LogP contribution in [-0.4, -0.2) is 12.4 Å². The first kappa shape index (κ1) is 12.8. The summed E-state index contributed by atoms with van der Waals surface area (Å²) in [4.78, 5) is 11.9. The molecule has 0 saturated carbocycles. The van der Waals surface area contributed by atoms with Crippen LogP contribution < -0.4 is 4.74 Å². The van der Waals surface area contributed by atoms with E-state index in [1.807, 2.05) is 31.2 Å². The molecule has 0 spiro atoms. The molecule has 0 saturated heterocycles. The quantitative estimate of drug-likeness (QED) is 0.683. The van der Waals surface area contributed by atoms with E-state index in [4.69, 9.17) is 4.74 Å². The lowest BCUT2D eigenvalue weighted by Gasteiger charge is -2.08. The van der Waals surface area contributed by atoms with Crippen LogP contribution in [0.2, 0.25) is 0 Å². The first-order chi connectivity index (χ1) is 7.67. The van der Waals surface area contributed by atoms with E-state index in [9.17, 15) is 4.79 Å². The molecular formula is C14H20O2. The summed E-state index contributed by atoms with van der Waals surface area (Å²) in [5, 5.41) is 0. The van der Waals surface area contributed by atoms with Gasteiger partial charge < -0.3 is 4.74 Å². The minimum atomic E-state index is 0.205. The van der Waals surface area contributed by atoms with Crippen molar-refractivity contribution in [3.63, 3.8) is 0 Å². The van der Waals surface area contributed by atoms with Gasteiger partial charge in [0.15, 0.2) is 5.78 Å². The Morgan fingerprint density at radius 1 is 1.38 bits per heavy atom. The zero-order valence-corrected chi connectivity index (χ0v) is 10.3. The minimum Gasteiger partial charge on any atom is -0.494 e. The molecule has 0 heterocycles. The molecule has 88 valence electrons. The van der Waals surface area contributed by atoms with Gasteiger partial charge >= 0.3 is 0 Å². The SMILES string of the molecule is CCOc1cccc(C(=O)CC(C)CC)c1. The summed E-state index contributed by atoms with van der Waals surface area (Å²) in [7, 11) is 0. The molecule has 0 fully saturated rings. The molecule has 0 N–H and O–H groups in total. The zero-order valence-electron chi connectivity index (χ0n) is 10.3. The second kappa shape index (κ2) is 6.31. The Kier molecular flexibility index (Phi) is 5.03. The molecule has 1 unspecified atom stereocenters. The predicted octanol–water partition coefficient (Wildman–Crippen LogP) is 3.70. The Morgan fingerprint density at radius 3 is 2.75 bits per heavy atom. The second-order valence-electron chi connectivity index (χ2n) is 4.10. The van der Waals surface area contributed by atoms with Crippen molar-refractivity contribution in [2.45, 2.75) is 33.6 Å². The molecule has 2 nitrogen and oxygen atoms in total. The molecule has 1 aromatic carbocycles. The third-order valence-corrected chi connectivity index (χ3v) is 2.70. The number of carbonyl (C=O) groups excluding carboxylic acids is 1. The van der Waals surface area contributed by atoms with Gasteiger partial charge in [0.1, 0.15) is 5.75 Å². The summed E-state index contributed by atoms with van der Waals surface area (Å²) in [6.45, 7) is 6.77. The number of hydrogen-bond donors (Lipinski definition) is 0. The van der Waals surface area contributed by atoms with Crippen molar-refractivity contribution >= 4 is 5.78 Å². The fourth-order valence-corrected chi connectivity index (χ4v) is 1.50. The van der Waals surface area contributed by atoms with Crippen LogP contribution in [0.3, 0.4) is 0 Å². The van der Waals surface area contributed by atoms with Gasteiger partial charge in [0.25, 0.3) is 0 Å². The van der Waals surface area contributed by atoms with E-state index in [0.29, 0.717) is 18.9 Å². The van der Waals surface area contributed by atoms with Crippen molar-refractivity contribution in [3.05, 3.63) is 29.8 Å². The standard InChI is InChI=1S/C14H20O2/c1-4-11(3)9-14(15)12-7-6-8-13(10-12)16-5-2/h6-8,10-11H,4-5,9H2,1-3H3. The van der Waals surface area contributed by atoms with Gasteiger partial charge in [-0.15, -0.1) is 0 Å². The van der Waals surface area contributed by atoms with Crippen molar-refractivity contribution in [1.29, 1.82) is 0 Å². The van der Waals surface area contributed by atoms with Crippen LogP contribution >= 0.6 is 0 Å². The third-order valence-electron chi connectivity index (χ3n) is 2.70. The van der Waals surface area contributed by atoms with Crippen molar-refractivity contribution in [2.24, 2.45) is 5.92 Å². The molecule has 0 aromatic heterocycles. The fourth-order valence-electron chi connectivity index (χ4n) is 1.50. The number of benzene rings is 1. The van der Waals surface area contributed by atoms with Crippen LogP contribution in [0.4, 0.5) is 0 Å². The Morgan fingerprint density at radius 2 is 2.12 bits per heavy atom. The summed E-state index contributed by atoms with van der Waals surface area (Å²) < 4.78 is 5.38. The molecule has 0 bridgehead atoms. The molecular weight excluding hydrogens is 200 g/mol. The van der Waals surface area contributed by atoms with Gasteiger partial charge in [-0.05, 0) is 25.0 Å². The van der Waals surface area contributed by atoms with Gasteiger partial charge in [-0.1, -0.05) is 32.4 Å². The smallest absolute Gasteiger partial charge is 0.163 e. The van der Waals surface area contributed by atoms with Crippen LogP contribution in [0, 0.1) is 5.92 Å². The molecule has 16 heavy (non-hydrogen) atoms. The van der Waals surface area contributed by atoms with E-state index < -0.39 is 0 Å². The van der Waals surface area contributed by atoms with Crippen LogP contribution in [0.15, 0.2) is 24.3 Å². The molecule has 0 aliphatic rings. The highest BCUT2D eigenvalue weighted by Gasteiger charge is 2.10. The Bertz CT molecular complexity index is 344. The summed E-state index contributed by atoms with van der Waals surface area (Å²) in [5.74, 6) is 1.43. The van der Waals surface area contributed by atoms with Gasteiger partial charge in [0.05, 0.1) is 6.61 Å². The molecule has 0 radical (unpaired) electrons. The first-order valence-electron chi connectivity index (χ1n) is 5.93. The van der Waals surface area contributed by atoms with Crippen LogP contribution in [0.25, 0.3) is 0 Å². The van der Waals surface area contributed by atoms with E-state index in [0.717, 1.165) is 17.7 Å². The van der Waals surface area contributed by atoms with E-state index in [1.165, 1.54) is 0 Å². The van der Waals surface area contributed by atoms with Crippen molar-refractivity contribution in [1.82, 2.24) is 0 Å². The highest BCUT2D eigenvalue weighted by atomic mass is 16.5. The maximum absolute atomic E-state index is 11.9. The molecule has 2 heteroatoms. The highest BCUT2D eigenvalue weighted by Crippen LogP contribution is 2.17. The number of rotatable bonds is 6. The summed E-state index contributed by atoms with van der Waals surface area (Å²) in [6.07, 6.45) is 1.66. The summed E-state index contributed by atoms with van der Waals surface area (Å²) in [6, 6.07) is 7.43. The predicted molar refractivity (Wildman–Crippen MR) is 66.0 cm³/mol. The lowest BCUT2D eigenvalue weighted by Crippen LogP contribution is -2.05. The van der Waals surface area contributed by atoms with Crippen molar-refractivity contribution in [3.8, 4) is 5.75 Å². The van der Waals surface area contributed by atoms with Crippen molar-refractivity contribution < 1.29 is 9.53 Å². The number of ether oxygens (including phenoxy) is 1.